The Morgan fingerprint density at radius 3 is 2.61 bits per heavy atom. The van der Waals surface area contributed by atoms with Gasteiger partial charge in [0.05, 0.1) is 18.7 Å². The highest BCUT2D eigenvalue weighted by molar-refractivity contribution is 6.33. The molecule has 2 amide bonds. The van der Waals surface area contributed by atoms with Crippen LogP contribution in [0.5, 0.6) is 5.75 Å². The highest BCUT2D eigenvalue weighted by atomic mass is 35.5. The quantitative estimate of drug-likeness (QED) is 0.322. The third-order valence-electron chi connectivity index (χ3n) is 5.47. The first-order chi connectivity index (χ1) is 18.1. The van der Waals surface area contributed by atoms with Crippen LogP contribution >= 0.6 is 11.6 Å². The van der Waals surface area contributed by atoms with E-state index in [1.165, 1.54) is 30.1 Å². The average molecular weight is 548 g/mol. The van der Waals surface area contributed by atoms with Gasteiger partial charge >= 0.3 is 6.18 Å². The normalized spacial score (nSPS) is 11.1. The van der Waals surface area contributed by atoms with Gasteiger partial charge in [0.25, 0.3) is 5.91 Å². The van der Waals surface area contributed by atoms with Gasteiger partial charge in [0, 0.05) is 59.8 Å². The lowest BCUT2D eigenvalue weighted by atomic mass is 9.99. The maximum Gasteiger partial charge on any atom is 0.433 e. The minimum Gasteiger partial charge on any atom is -0.491 e. The SMILES string of the molecule is CN(C(=O)c1ccc(Cl)c(-c2cnc(C(F)(F)F)cc2C=N)c1)c1ccccc1OCCC(=O)NCCN. The van der Waals surface area contributed by atoms with E-state index in [0.717, 1.165) is 18.5 Å². The maximum atomic E-state index is 13.4. The number of aromatic nitrogens is 1. The van der Waals surface area contributed by atoms with Crippen molar-refractivity contribution in [2.75, 3.05) is 31.6 Å². The van der Waals surface area contributed by atoms with E-state index in [1.54, 1.807) is 24.3 Å². The third kappa shape index (κ3) is 6.87. The molecule has 0 aliphatic heterocycles. The summed E-state index contributed by atoms with van der Waals surface area (Å²) in [5.74, 6) is -0.286. The molecule has 3 rings (SSSR count). The summed E-state index contributed by atoms with van der Waals surface area (Å²) < 4.78 is 45.0. The number of nitrogens with zero attached hydrogens (tertiary/aromatic N) is 2. The molecule has 0 saturated carbocycles. The smallest absolute Gasteiger partial charge is 0.433 e. The summed E-state index contributed by atoms with van der Waals surface area (Å²) >= 11 is 6.32. The number of nitrogens with two attached hydrogens (primary N) is 1. The highest BCUT2D eigenvalue weighted by Crippen LogP contribution is 2.35. The second-order valence-electron chi connectivity index (χ2n) is 8.06. The summed E-state index contributed by atoms with van der Waals surface area (Å²) in [6.45, 7) is 0.764. The Labute approximate surface area is 222 Å². The third-order valence-corrected chi connectivity index (χ3v) is 5.80. The van der Waals surface area contributed by atoms with Crippen molar-refractivity contribution in [2.24, 2.45) is 5.73 Å². The number of alkyl halides is 3. The van der Waals surface area contributed by atoms with Crippen LogP contribution in [0.1, 0.15) is 28.0 Å². The van der Waals surface area contributed by atoms with E-state index in [2.05, 4.69) is 10.3 Å². The molecule has 38 heavy (non-hydrogen) atoms. The number of ether oxygens (including phenoxy) is 1. The fraction of sp³-hybridized carbons (Fsp3) is 0.231. The standard InChI is InChI=1S/C26H25ClF3N5O3/c1-35(21-4-2-3-5-22(21)38-11-8-24(36)33-10-9-31)25(37)16-6-7-20(27)18(12-16)19-15-34-23(26(28,29)30)13-17(19)14-32/h2-7,12-15,32H,8-11,31H2,1H3,(H,33,36). The Bertz CT molecular complexity index is 1330. The molecule has 1 aromatic heterocycles. The second-order valence-corrected chi connectivity index (χ2v) is 8.47. The lowest BCUT2D eigenvalue weighted by molar-refractivity contribution is -0.141. The van der Waals surface area contributed by atoms with Gasteiger partial charge in [0.1, 0.15) is 11.4 Å². The monoisotopic (exact) mass is 547 g/mol. The van der Waals surface area contributed by atoms with E-state index in [-0.39, 0.29) is 46.2 Å². The summed E-state index contributed by atoms with van der Waals surface area (Å²) in [5, 5.41) is 10.4. The molecule has 2 aromatic carbocycles. The molecule has 0 saturated heterocycles. The van der Waals surface area contributed by atoms with Gasteiger partial charge in [-0.3, -0.25) is 14.6 Å². The number of anilines is 1. The number of carbonyl (C=O) groups is 2. The first-order valence-corrected chi connectivity index (χ1v) is 11.8. The average Bonchev–Trinajstić information content (AvgIpc) is 2.90. The van der Waals surface area contributed by atoms with Crippen molar-refractivity contribution in [2.45, 2.75) is 12.6 Å². The summed E-state index contributed by atoms with van der Waals surface area (Å²) in [6, 6.07) is 11.9. The van der Waals surface area contributed by atoms with Gasteiger partial charge < -0.3 is 26.1 Å². The van der Waals surface area contributed by atoms with E-state index < -0.39 is 17.8 Å². The van der Waals surface area contributed by atoms with Crippen LogP contribution in [0, 0.1) is 5.41 Å². The van der Waals surface area contributed by atoms with Crippen molar-refractivity contribution >= 4 is 35.3 Å². The van der Waals surface area contributed by atoms with Crippen LogP contribution in [0.3, 0.4) is 0 Å². The molecule has 0 aliphatic rings. The van der Waals surface area contributed by atoms with Crippen LogP contribution in [-0.4, -0.2) is 49.8 Å². The number of para-hydroxylation sites is 2. The summed E-state index contributed by atoms with van der Waals surface area (Å²) in [5.41, 5.74) is 5.22. The van der Waals surface area contributed by atoms with Crippen molar-refractivity contribution in [3.8, 4) is 16.9 Å². The van der Waals surface area contributed by atoms with Crippen molar-refractivity contribution in [3.05, 3.63) is 76.6 Å². The molecule has 12 heteroatoms. The zero-order valence-corrected chi connectivity index (χ0v) is 21.1. The van der Waals surface area contributed by atoms with Crippen molar-refractivity contribution < 1.29 is 27.5 Å². The van der Waals surface area contributed by atoms with E-state index in [9.17, 15) is 22.8 Å². The zero-order chi connectivity index (χ0) is 27.9. The Balaban J connectivity index is 1.86. The van der Waals surface area contributed by atoms with Crippen LogP contribution < -0.4 is 20.7 Å². The van der Waals surface area contributed by atoms with E-state index >= 15 is 0 Å². The number of rotatable bonds is 10. The molecule has 0 fully saturated rings. The van der Waals surface area contributed by atoms with Crippen molar-refractivity contribution in [1.82, 2.24) is 10.3 Å². The van der Waals surface area contributed by atoms with Crippen molar-refractivity contribution in [1.29, 1.82) is 5.41 Å². The minimum absolute atomic E-state index is 0.0542. The van der Waals surface area contributed by atoms with Crippen molar-refractivity contribution in [3.63, 3.8) is 0 Å². The minimum atomic E-state index is -4.68. The van der Waals surface area contributed by atoms with Gasteiger partial charge in [-0.15, -0.1) is 0 Å². The molecular weight excluding hydrogens is 523 g/mol. The lowest BCUT2D eigenvalue weighted by Crippen LogP contribution is -2.30. The Morgan fingerprint density at radius 2 is 1.92 bits per heavy atom. The molecule has 8 nitrogen and oxygen atoms in total. The molecule has 0 aliphatic carbocycles. The topological polar surface area (TPSA) is 121 Å². The lowest BCUT2D eigenvalue weighted by Gasteiger charge is -2.21. The first-order valence-electron chi connectivity index (χ1n) is 11.4. The number of carbonyl (C=O) groups excluding carboxylic acids is 2. The van der Waals surface area contributed by atoms with Gasteiger partial charge in [-0.1, -0.05) is 23.7 Å². The summed E-state index contributed by atoms with van der Waals surface area (Å²) in [6.07, 6.45) is -2.82. The Morgan fingerprint density at radius 1 is 1.18 bits per heavy atom. The van der Waals surface area contributed by atoms with Crippen LogP contribution in [0.25, 0.3) is 11.1 Å². The largest absolute Gasteiger partial charge is 0.491 e. The zero-order valence-electron chi connectivity index (χ0n) is 20.3. The predicted octanol–water partition coefficient (Wildman–Crippen LogP) is 4.54. The molecule has 0 unspecified atom stereocenters. The van der Waals surface area contributed by atoms with E-state index in [4.69, 9.17) is 27.5 Å². The van der Waals surface area contributed by atoms with E-state index in [1.807, 2.05) is 0 Å². The van der Waals surface area contributed by atoms with Crippen LogP contribution in [0.15, 0.2) is 54.7 Å². The van der Waals surface area contributed by atoms with E-state index in [0.29, 0.717) is 24.5 Å². The molecular formula is C26H25ClF3N5O3. The number of hydrogen-bond donors (Lipinski definition) is 3. The molecule has 1 heterocycles. The molecule has 0 atom stereocenters. The molecule has 200 valence electrons. The number of nitrogens with one attached hydrogen (secondary N) is 2. The van der Waals surface area contributed by atoms with Gasteiger partial charge in [-0.05, 0) is 36.4 Å². The molecule has 0 radical (unpaired) electrons. The predicted molar refractivity (Wildman–Crippen MR) is 139 cm³/mol. The van der Waals surface area contributed by atoms with Gasteiger partial charge in [0.2, 0.25) is 5.91 Å². The number of pyridine rings is 1. The number of benzene rings is 2. The second kappa shape index (κ2) is 12.5. The number of amides is 2. The summed E-state index contributed by atoms with van der Waals surface area (Å²) in [4.78, 5) is 30.0. The van der Waals surface area contributed by atoms with Crippen LogP contribution in [-0.2, 0) is 11.0 Å². The Hall–Kier alpha value is -3.96. The Kier molecular flexibility index (Phi) is 9.43. The maximum absolute atomic E-state index is 13.4. The first kappa shape index (κ1) is 28.6. The fourth-order valence-electron chi connectivity index (χ4n) is 3.55. The molecule has 0 spiro atoms. The number of hydrogen-bond acceptors (Lipinski definition) is 6. The molecule has 3 aromatic rings. The summed E-state index contributed by atoms with van der Waals surface area (Å²) in [7, 11) is 1.54. The van der Waals surface area contributed by atoms with Gasteiger partial charge in [-0.2, -0.15) is 13.2 Å². The fourth-order valence-corrected chi connectivity index (χ4v) is 3.77. The van der Waals surface area contributed by atoms with Gasteiger partial charge in [0.15, 0.2) is 0 Å². The molecule has 0 bridgehead atoms. The highest BCUT2D eigenvalue weighted by Gasteiger charge is 2.33. The number of halogens is 4. The molecule has 4 N–H and O–H groups in total. The van der Waals surface area contributed by atoms with Crippen LogP contribution in [0.2, 0.25) is 5.02 Å². The van der Waals surface area contributed by atoms with Gasteiger partial charge in [-0.25, -0.2) is 0 Å². The van der Waals surface area contributed by atoms with Crippen LogP contribution in [0.4, 0.5) is 18.9 Å².